The standard InChI is InChI=1S/C21H31N5O2/c1-12-9-13(2)19(14(3)10-12)22-18(27)11-25(7)17(6)21(28)23-20-15(4)24-26(8)16(20)5/h9-10,17H,11H2,1-8H3,(H,22,27)(H,23,28)/p+1/t17-/m0/s1. The molecule has 0 spiro atoms. The number of benzene rings is 1. The summed E-state index contributed by atoms with van der Waals surface area (Å²) in [7, 11) is 3.69. The van der Waals surface area contributed by atoms with Crippen molar-refractivity contribution >= 4 is 23.2 Å². The van der Waals surface area contributed by atoms with Gasteiger partial charge in [-0.15, -0.1) is 0 Å². The minimum Gasteiger partial charge on any atom is -0.321 e. The minimum absolute atomic E-state index is 0.110. The maximum atomic E-state index is 12.7. The molecule has 0 aliphatic rings. The lowest BCUT2D eigenvalue weighted by Gasteiger charge is -2.21. The molecule has 2 rings (SSSR count). The maximum absolute atomic E-state index is 12.7. The van der Waals surface area contributed by atoms with Gasteiger partial charge < -0.3 is 15.5 Å². The van der Waals surface area contributed by atoms with Crippen LogP contribution in [0.15, 0.2) is 12.1 Å². The smallest absolute Gasteiger partial charge is 0.282 e. The van der Waals surface area contributed by atoms with Crippen molar-refractivity contribution in [3.8, 4) is 0 Å². The Morgan fingerprint density at radius 2 is 1.64 bits per heavy atom. The Morgan fingerprint density at radius 1 is 1.07 bits per heavy atom. The van der Waals surface area contributed by atoms with E-state index in [1.165, 1.54) is 5.56 Å². The molecular weight excluding hydrogens is 354 g/mol. The van der Waals surface area contributed by atoms with Crippen molar-refractivity contribution in [2.24, 2.45) is 7.05 Å². The quantitative estimate of drug-likeness (QED) is 0.703. The Morgan fingerprint density at radius 3 is 2.14 bits per heavy atom. The molecule has 2 amide bonds. The van der Waals surface area contributed by atoms with E-state index in [0.29, 0.717) is 0 Å². The second kappa shape index (κ2) is 8.56. The molecule has 0 saturated carbocycles. The molecule has 0 aliphatic heterocycles. The van der Waals surface area contributed by atoms with Gasteiger partial charge >= 0.3 is 0 Å². The number of aryl methyl sites for hydroxylation is 5. The zero-order chi connectivity index (χ0) is 21.2. The SMILES string of the molecule is Cc1cc(C)c(NC(=O)C[NH+](C)[C@@H](C)C(=O)Nc2c(C)nn(C)c2C)c(C)c1. The molecular formula is C21H32N5O2+. The van der Waals surface area contributed by atoms with E-state index >= 15 is 0 Å². The van der Waals surface area contributed by atoms with Crippen LogP contribution in [0.1, 0.15) is 35.0 Å². The van der Waals surface area contributed by atoms with E-state index in [0.717, 1.165) is 38.8 Å². The number of hydrogen-bond donors (Lipinski definition) is 3. The summed E-state index contributed by atoms with van der Waals surface area (Å²) in [6.07, 6.45) is 0. The first kappa shape index (κ1) is 21.6. The van der Waals surface area contributed by atoms with E-state index in [1.54, 1.807) is 4.68 Å². The van der Waals surface area contributed by atoms with E-state index in [4.69, 9.17) is 0 Å². The van der Waals surface area contributed by atoms with E-state index in [2.05, 4.69) is 15.7 Å². The third-order valence-electron chi connectivity index (χ3n) is 5.27. The number of hydrogen-bond acceptors (Lipinski definition) is 3. The van der Waals surface area contributed by atoms with Gasteiger partial charge in [-0.05, 0) is 52.7 Å². The zero-order valence-corrected chi connectivity index (χ0v) is 18.2. The van der Waals surface area contributed by atoms with Crippen molar-refractivity contribution in [3.05, 3.63) is 40.2 Å². The number of rotatable bonds is 6. The van der Waals surface area contributed by atoms with Gasteiger partial charge in [-0.3, -0.25) is 14.3 Å². The fraction of sp³-hybridized carbons (Fsp3) is 0.476. The average Bonchev–Trinajstić information content (AvgIpc) is 2.83. The number of nitrogens with zero attached hydrogens (tertiary/aromatic N) is 2. The lowest BCUT2D eigenvalue weighted by molar-refractivity contribution is -0.885. The number of amides is 2. The number of carbonyl (C=O) groups is 2. The van der Waals surface area contributed by atoms with Crippen molar-refractivity contribution in [1.82, 2.24) is 9.78 Å². The van der Waals surface area contributed by atoms with Crippen LogP contribution in [-0.2, 0) is 16.6 Å². The number of quaternary nitrogens is 1. The molecule has 7 nitrogen and oxygen atoms in total. The molecule has 7 heteroatoms. The van der Waals surface area contributed by atoms with Crippen molar-refractivity contribution in [2.75, 3.05) is 24.2 Å². The van der Waals surface area contributed by atoms with Gasteiger partial charge in [0.15, 0.2) is 12.6 Å². The van der Waals surface area contributed by atoms with E-state index in [9.17, 15) is 9.59 Å². The highest BCUT2D eigenvalue weighted by Gasteiger charge is 2.26. The summed E-state index contributed by atoms with van der Waals surface area (Å²) in [5.74, 6) is -0.242. The second-order valence-electron chi connectivity index (χ2n) is 7.73. The van der Waals surface area contributed by atoms with Crippen LogP contribution >= 0.6 is 0 Å². The normalized spacial score (nSPS) is 13.1. The predicted molar refractivity (Wildman–Crippen MR) is 112 cm³/mol. The van der Waals surface area contributed by atoms with E-state index in [1.807, 2.05) is 67.8 Å². The summed E-state index contributed by atoms with van der Waals surface area (Å²) in [6.45, 7) is 11.8. The van der Waals surface area contributed by atoms with Crippen LogP contribution in [0.3, 0.4) is 0 Å². The van der Waals surface area contributed by atoms with Crippen molar-refractivity contribution < 1.29 is 14.5 Å². The molecule has 1 aromatic carbocycles. The van der Waals surface area contributed by atoms with Gasteiger partial charge in [-0.1, -0.05) is 17.7 Å². The van der Waals surface area contributed by atoms with Gasteiger partial charge in [0.25, 0.3) is 11.8 Å². The van der Waals surface area contributed by atoms with Crippen LogP contribution in [0.4, 0.5) is 11.4 Å². The molecule has 1 heterocycles. The first-order valence-corrected chi connectivity index (χ1v) is 9.52. The number of aromatic nitrogens is 2. The molecule has 1 unspecified atom stereocenters. The highest BCUT2D eigenvalue weighted by atomic mass is 16.2. The third kappa shape index (κ3) is 4.78. The fourth-order valence-corrected chi connectivity index (χ4v) is 3.38. The molecule has 0 bridgehead atoms. The van der Waals surface area contributed by atoms with Crippen LogP contribution in [0, 0.1) is 34.6 Å². The minimum atomic E-state index is -0.384. The van der Waals surface area contributed by atoms with Crippen LogP contribution in [0.5, 0.6) is 0 Å². The van der Waals surface area contributed by atoms with Crippen LogP contribution in [0.2, 0.25) is 0 Å². The molecule has 152 valence electrons. The van der Waals surface area contributed by atoms with Crippen LogP contribution < -0.4 is 15.5 Å². The summed E-state index contributed by atoms with van der Waals surface area (Å²) in [5, 5.41) is 10.3. The van der Waals surface area contributed by atoms with Crippen molar-refractivity contribution in [3.63, 3.8) is 0 Å². The van der Waals surface area contributed by atoms with Crippen molar-refractivity contribution in [2.45, 2.75) is 47.6 Å². The van der Waals surface area contributed by atoms with Gasteiger partial charge in [0.1, 0.15) is 0 Å². The fourth-order valence-electron chi connectivity index (χ4n) is 3.38. The molecule has 28 heavy (non-hydrogen) atoms. The molecule has 0 aliphatic carbocycles. The maximum Gasteiger partial charge on any atom is 0.282 e. The molecule has 0 saturated heterocycles. The lowest BCUT2D eigenvalue weighted by atomic mass is 10.1. The number of anilines is 2. The van der Waals surface area contributed by atoms with Crippen molar-refractivity contribution in [1.29, 1.82) is 0 Å². The topological polar surface area (TPSA) is 80.5 Å². The largest absolute Gasteiger partial charge is 0.321 e. The van der Waals surface area contributed by atoms with E-state index < -0.39 is 0 Å². The first-order chi connectivity index (χ1) is 13.0. The summed E-state index contributed by atoms with van der Waals surface area (Å²) in [4.78, 5) is 26.0. The van der Waals surface area contributed by atoms with E-state index in [-0.39, 0.29) is 24.4 Å². The Balaban J connectivity index is 2.00. The molecule has 0 radical (unpaired) electrons. The molecule has 0 fully saturated rings. The van der Waals surface area contributed by atoms with Gasteiger partial charge in [-0.25, -0.2) is 0 Å². The summed E-state index contributed by atoms with van der Waals surface area (Å²) in [6, 6.07) is 3.71. The lowest BCUT2D eigenvalue weighted by Crippen LogP contribution is -3.14. The molecule has 2 aromatic rings. The summed E-state index contributed by atoms with van der Waals surface area (Å²) >= 11 is 0. The van der Waals surface area contributed by atoms with Gasteiger partial charge in [-0.2, -0.15) is 5.10 Å². The molecule has 1 aromatic heterocycles. The van der Waals surface area contributed by atoms with Crippen LogP contribution in [0.25, 0.3) is 0 Å². The summed E-state index contributed by atoms with van der Waals surface area (Å²) in [5.41, 5.74) is 6.51. The second-order valence-corrected chi connectivity index (χ2v) is 7.73. The monoisotopic (exact) mass is 386 g/mol. The zero-order valence-electron chi connectivity index (χ0n) is 18.2. The van der Waals surface area contributed by atoms with Gasteiger partial charge in [0, 0.05) is 12.7 Å². The highest BCUT2D eigenvalue weighted by molar-refractivity contribution is 5.95. The van der Waals surface area contributed by atoms with Gasteiger partial charge in [0.2, 0.25) is 0 Å². The van der Waals surface area contributed by atoms with Gasteiger partial charge in [0.05, 0.1) is 24.1 Å². The third-order valence-corrected chi connectivity index (χ3v) is 5.27. The summed E-state index contributed by atoms with van der Waals surface area (Å²) < 4.78 is 1.74. The average molecular weight is 387 g/mol. The Labute approximate surface area is 167 Å². The Kier molecular flexibility index (Phi) is 6.61. The predicted octanol–water partition coefficient (Wildman–Crippen LogP) is 1.44. The number of carbonyl (C=O) groups excluding carboxylic acids is 2. The first-order valence-electron chi connectivity index (χ1n) is 9.52. The highest BCUT2D eigenvalue weighted by Crippen LogP contribution is 2.21. The Bertz CT molecular complexity index is 877. The molecule has 2 atom stereocenters. The molecule has 3 N–H and O–H groups in total. The van der Waals surface area contributed by atoms with Crippen LogP contribution in [-0.4, -0.2) is 41.2 Å². The Hall–Kier alpha value is -2.67. The number of nitrogens with one attached hydrogen (secondary N) is 3. The number of likely N-dealkylation sites (N-methyl/N-ethyl adjacent to an activating group) is 1.